The van der Waals surface area contributed by atoms with Gasteiger partial charge in [-0.3, -0.25) is 24.6 Å². The van der Waals surface area contributed by atoms with E-state index in [1.54, 1.807) is 18.2 Å². The third-order valence-corrected chi connectivity index (χ3v) is 5.92. The molecule has 3 aromatic carbocycles. The zero-order valence-electron chi connectivity index (χ0n) is 22.6. The second-order valence-electron chi connectivity index (χ2n) is 8.63. The number of halogens is 1. The van der Waals surface area contributed by atoms with Crippen molar-refractivity contribution in [2.75, 3.05) is 10.3 Å². The molecule has 0 atom stereocenters. The minimum Gasteiger partial charge on any atom is -0.324 e. The van der Waals surface area contributed by atoms with Crippen LogP contribution >= 0.6 is 11.6 Å². The molecule has 1 N–H and O–H groups in total. The molecule has 216 valence electrons. The number of para-hydroxylation sites is 1. The van der Waals surface area contributed by atoms with E-state index in [0.29, 0.717) is 24.2 Å². The molecule has 5 rings (SSSR count). The molecule has 1 aliphatic rings. The van der Waals surface area contributed by atoms with Crippen molar-refractivity contribution in [2.45, 2.75) is 12.8 Å². The van der Waals surface area contributed by atoms with Crippen molar-refractivity contribution >= 4 is 64.1 Å². The fourth-order valence-electron chi connectivity index (χ4n) is 3.67. The molecule has 0 spiro atoms. The molecule has 43 heavy (non-hydrogen) atoms. The topological polar surface area (TPSA) is 159 Å². The highest BCUT2D eigenvalue weighted by atomic mass is 35.5. The lowest BCUT2D eigenvalue weighted by Gasteiger charge is -2.16. The Hall–Kier alpha value is -5.82. The molecule has 0 unspecified atom stereocenters. The zero-order chi connectivity index (χ0) is 30.8. The molecular formula is C29H24ClN9O4. The average Bonchev–Trinajstić information content (AvgIpc) is 3.34. The number of nitro benzene ring substituents is 1. The van der Waals surface area contributed by atoms with E-state index in [1.807, 2.05) is 42.5 Å². The number of carbonyl (C=O) groups excluding carboxylic acids is 2. The summed E-state index contributed by atoms with van der Waals surface area (Å²) in [6.07, 6.45) is 3.67. The highest BCUT2D eigenvalue weighted by molar-refractivity contribution is 6.28. The number of amides is 2. The van der Waals surface area contributed by atoms with Crippen molar-refractivity contribution < 1.29 is 14.5 Å². The molecule has 1 fully saturated rings. The molecule has 4 aromatic rings. The van der Waals surface area contributed by atoms with E-state index >= 15 is 0 Å². The lowest BCUT2D eigenvalue weighted by molar-refractivity contribution is -0.384. The molecule has 2 heterocycles. The highest BCUT2D eigenvalue weighted by Gasteiger charge is 2.25. The molecule has 0 saturated carbocycles. The summed E-state index contributed by atoms with van der Waals surface area (Å²) in [5.74, 6) is 0.0481. The maximum Gasteiger partial charge on any atom is 0.269 e. The maximum absolute atomic E-state index is 10.9. The first-order chi connectivity index (χ1) is 20.8. The van der Waals surface area contributed by atoms with Crippen LogP contribution in [0.1, 0.15) is 18.4 Å². The number of nitro groups is 1. The summed E-state index contributed by atoms with van der Waals surface area (Å²) in [4.78, 5) is 45.6. The van der Waals surface area contributed by atoms with Crippen molar-refractivity contribution in [1.82, 2.24) is 19.9 Å². The number of hydrogen-bond donors (Lipinski definition) is 1. The van der Waals surface area contributed by atoms with Crippen LogP contribution in [0.25, 0.3) is 6.08 Å². The largest absolute Gasteiger partial charge is 0.324 e. The molecule has 0 bridgehead atoms. The molecule has 13 nitrogen and oxygen atoms in total. The summed E-state index contributed by atoms with van der Waals surface area (Å²) < 4.78 is 0. The van der Waals surface area contributed by atoms with Crippen LogP contribution in [0.3, 0.4) is 0 Å². The van der Waals surface area contributed by atoms with E-state index in [4.69, 9.17) is 11.6 Å². The van der Waals surface area contributed by atoms with Gasteiger partial charge in [0.05, 0.1) is 16.3 Å². The predicted molar refractivity (Wildman–Crippen MR) is 162 cm³/mol. The number of anilines is 4. The summed E-state index contributed by atoms with van der Waals surface area (Å²) in [5.41, 5.74) is 2.65. The number of non-ortho nitro benzene ring substituents is 1. The van der Waals surface area contributed by atoms with Gasteiger partial charge in [-0.05, 0) is 53.6 Å². The molecular weight excluding hydrogens is 574 g/mol. The van der Waals surface area contributed by atoms with E-state index in [0.717, 1.165) is 16.2 Å². The van der Waals surface area contributed by atoms with Crippen LogP contribution in [0.15, 0.2) is 109 Å². The number of nitrogens with zero attached hydrogens (tertiary/aromatic N) is 8. The minimum atomic E-state index is -0.483. The molecule has 1 aliphatic heterocycles. The maximum atomic E-state index is 10.9. The van der Waals surface area contributed by atoms with Crippen LogP contribution in [0.4, 0.5) is 34.6 Å². The Morgan fingerprint density at radius 1 is 0.953 bits per heavy atom. The Morgan fingerprint density at radius 2 is 1.65 bits per heavy atom. The SMILES string of the molecule is C=CN1C(=O)CCC1=O.C=Cc1cccc(Nc2nc(Cl)nc(N(N=Nc3ccc([N+](=O)[O-])cc3)c3ccccc3)n2)c1. The summed E-state index contributed by atoms with van der Waals surface area (Å²) in [6, 6.07) is 22.3. The normalized spacial score (nSPS) is 12.4. The fraction of sp³-hybridized carbons (Fsp3) is 0.0690. The standard InChI is InChI=1S/C23H17ClN8O2.C6H7NO2/c1-2-16-7-6-8-18(15-16)25-22-26-21(24)27-23(28-22)31(19-9-4-3-5-10-19)30-29-17-11-13-20(14-12-17)32(33)34;1-2-7-5(8)3-4-6(7)9/h2-15H,1H2,(H,25,26,27,28);2H,1,3-4H2. The number of hydrogen-bond acceptors (Lipinski definition) is 10. The first-order valence-corrected chi connectivity index (χ1v) is 13.0. The second kappa shape index (κ2) is 14.2. The molecule has 2 amide bonds. The third-order valence-electron chi connectivity index (χ3n) is 5.75. The van der Waals surface area contributed by atoms with Gasteiger partial charge in [0.25, 0.3) is 11.6 Å². The second-order valence-corrected chi connectivity index (χ2v) is 8.97. The lowest BCUT2D eigenvalue weighted by Crippen LogP contribution is -2.21. The molecule has 0 aliphatic carbocycles. The van der Waals surface area contributed by atoms with E-state index in [2.05, 4.69) is 43.8 Å². The van der Waals surface area contributed by atoms with E-state index in [9.17, 15) is 19.7 Å². The van der Waals surface area contributed by atoms with Gasteiger partial charge in [0.15, 0.2) is 0 Å². The number of rotatable bonds is 9. The summed E-state index contributed by atoms with van der Waals surface area (Å²) in [5, 5.41) is 23.8. The van der Waals surface area contributed by atoms with Crippen LogP contribution < -0.4 is 10.3 Å². The van der Waals surface area contributed by atoms with Gasteiger partial charge in [0.1, 0.15) is 0 Å². The summed E-state index contributed by atoms with van der Waals surface area (Å²) >= 11 is 6.19. The monoisotopic (exact) mass is 597 g/mol. The number of imide groups is 1. The van der Waals surface area contributed by atoms with Gasteiger partial charge in [-0.1, -0.05) is 54.8 Å². The smallest absolute Gasteiger partial charge is 0.269 e. The van der Waals surface area contributed by atoms with Gasteiger partial charge < -0.3 is 5.32 Å². The van der Waals surface area contributed by atoms with Crippen molar-refractivity contribution in [3.63, 3.8) is 0 Å². The van der Waals surface area contributed by atoms with Crippen molar-refractivity contribution in [2.24, 2.45) is 10.3 Å². The van der Waals surface area contributed by atoms with Crippen molar-refractivity contribution in [3.05, 3.63) is 119 Å². The molecule has 1 aromatic heterocycles. The van der Waals surface area contributed by atoms with Crippen LogP contribution in [0, 0.1) is 10.1 Å². The Bertz CT molecular complexity index is 1670. The number of aromatic nitrogens is 3. The quantitative estimate of drug-likeness (QED) is 0.0933. The van der Waals surface area contributed by atoms with E-state index < -0.39 is 4.92 Å². The van der Waals surface area contributed by atoms with Gasteiger partial charge >= 0.3 is 0 Å². The predicted octanol–water partition coefficient (Wildman–Crippen LogP) is 6.94. The van der Waals surface area contributed by atoms with Gasteiger partial charge in [-0.2, -0.15) is 20.0 Å². The molecule has 14 heteroatoms. The van der Waals surface area contributed by atoms with E-state index in [1.165, 1.54) is 35.5 Å². The van der Waals surface area contributed by atoms with Crippen LogP contribution in [-0.4, -0.2) is 36.6 Å². The first-order valence-electron chi connectivity index (χ1n) is 12.7. The van der Waals surface area contributed by atoms with E-state index in [-0.39, 0.29) is 34.7 Å². The summed E-state index contributed by atoms with van der Waals surface area (Å²) in [7, 11) is 0. The number of carbonyl (C=O) groups is 2. The van der Waals surface area contributed by atoms with Crippen LogP contribution in [0.5, 0.6) is 0 Å². The molecule has 1 saturated heterocycles. The Balaban J connectivity index is 0.000000403. The lowest BCUT2D eigenvalue weighted by atomic mass is 10.2. The minimum absolute atomic E-state index is 0.0423. The Kier molecular flexibility index (Phi) is 9.95. The van der Waals surface area contributed by atoms with Gasteiger partial charge in [-0.15, -0.1) is 5.11 Å². The van der Waals surface area contributed by atoms with Gasteiger partial charge in [-0.25, -0.2) is 0 Å². The zero-order valence-corrected chi connectivity index (χ0v) is 23.3. The number of benzene rings is 3. The first kappa shape index (κ1) is 30.1. The van der Waals surface area contributed by atoms with Gasteiger partial charge in [0, 0.05) is 36.9 Å². The summed E-state index contributed by atoms with van der Waals surface area (Å²) in [6.45, 7) is 7.10. The highest BCUT2D eigenvalue weighted by Crippen LogP contribution is 2.27. The Labute approximate surface area is 251 Å². The van der Waals surface area contributed by atoms with Crippen molar-refractivity contribution in [3.8, 4) is 0 Å². The third kappa shape index (κ3) is 8.11. The molecule has 0 radical (unpaired) electrons. The number of likely N-dealkylation sites (tertiary alicyclic amines) is 1. The number of nitrogens with one attached hydrogen (secondary N) is 1. The average molecular weight is 598 g/mol. The van der Waals surface area contributed by atoms with Crippen LogP contribution in [0.2, 0.25) is 5.28 Å². The Morgan fingerprint density at radius 3 is 2.26 bits per heavy atom. The van der Waals surface area contributed by atoms with Gasteiger partial charge in [0.2, 0.25) is 23.0 Å². The fourth-order valence-corrected chi connectivity index (χ4v) is 3.83. The van der Waals surface area contributed by atoms with Crippen molar-refractivity contribution in [1.29, 1.82) is 0 Å². The van der Waals surface area contributed by atoms with Crippen LogP contribution in [-0.2, 0) is 9.59 Å².